The first-order valence-electron chi connectivity index (χ1n) is 11.3. The fourth-order valence-electron chi connectivity index (χ4n) is 6.32. The van der Waals surface area contributed by atoms with Crippen molar-refractivity contribution < 1.29 is 43.9 Å². The first-order chi connectivity index (χ1) is 16.0. The van der Waals surface area contributed by atoms with Gasteiger partial charge in [0.05, 0.1) is 11.0 Å². The summed E-state index contributed by atoms with van der Waals surface area (Å²) in [5.74, 6) is -4.10. The normalized spacial score (nSPS) is 32.5. The highest BCUT2D eigenvalue weighted by atomic mass is 16.6. The summed E-state index contributed by atoms with van der Waals surface area (Å²) in [6.45, 7) is 3.04. The van der Waals surface area contributed by atoms with Crippen LogP contribution in [0.2, 0.25) is 0 Å². The van der Waals surface area contributed by atoms with Crippen LogP contribution in [0.3, 0.4) is 0 Å². The van der Waals surface area contributed by atoms with Gasteiger partial charge in [0.1, 0.15) is 11.7 Å². The Bertz CT molecular complexity index is 1130. The van der Waals surface area contributed by atoms with Gasteiger partial charge >= 0.3 is 17.9 Å². The SMILES string of the molecule is CC(=O)O[C@@H](C(=O)O)[C@@H](C)C(=O)OC1=CC[C@@]2(O)[C@H]3Cc4ccc(O)c5c4[C@@]2(CCN3C)[C@H]1O5. The highest BCUT2D eigenvalue weighted by molar-refractivity contribution is 5.85. The molecule has 2 bridgehead atoms. The lowest BCUT2D eigenvalue weighted by Crippen LogP contribution is -2.74. The molecular weight excluding hydrogens is 446 g/mol. The molecule has 34 heavy (non-hydrogen) atoms. The summed E-state index contributed by atoms with van der Waals surface area (Å²) in [5, 5.41) is 32.0. The summed E-state index contributed by atoms with van der Waals surface area (Å²) in [7, 11) is 1.97. The average Bonchev–Trinajstić information content (AvgIpc) is 3.13. The van der Waals surface area contributed by atoms with Crippen molar-refractivity contribution in [3.05, 3.63) is 35.1 Å². The number of rotatable bonds is 5. The molecule has 4 aliphatic rings. The molecule has 1 saturated heterocycles. The van der Waals surface area contributed by atoms with Gasteiger partial charge in [0.2, 0.25) is 6.10 Å². The lowest BCUT2D eigenvalue weighted by molar-refractivity contribution is -0.177. The van der Waals surface area contributed by atoms with Crippen LogP contribution >= 0.6 is 0 Å². The van der Waals surface area contributed by atoms with Gasteiger partial charge in [-0.25, -0.2) is 4.79 Å². The fourth-order valence-corrected chi connectivity index (χ4v) is 6.32. The van der Waals surface area contributed by atoms with Crippen LogP contribution in [0.25, 0.3) is 0 Å². The Morgan fingerprint density at radius 2 is 2.03 bits per heavy atom. The van der Waals surface area contributed by atoms with E-state index in [0.29, 0.717) is 19.4 Å². The first-order valence-corrected chi connectivity index (χ1v) is 11.3. The van der Waals surface area contributed by atoms with Gasteiger partial charge in [-0.2, -0.15) is 0 Å². The first kappa shape index (κ1) is 22.7. The van der Waals surface area contributed by atoms with E-state index in [0.717, 1.165) is 18.1 Å². The average molecular weight is 473 g/mol. The Hall–Kier alpha value is -3.11. The number of piperidine rings is 1. The van der Waals surface area contributed by atoms with Crippen molar-refractivity contribution in [3.8, 4) is 11.5 Å². The Labute approximate surface area is 195 Å². The summed E-state index contributed by atoms with van der Waals surface area (Å²) in [6.07, 6.45) is 0.327. The van der Waals surface area contributed by atoms with Crippen molar-refractivity contribution >= 4 is 17.9 Å². The molecular formula is C24H27NO9. The van der Waals surface area contributed by atoms with Crippen LogP contribution in [0.15, 0.2) is 24.0 Å². The standard InChI is InChI=1S/C24H27NO9/c1-11(18(21(28)29)32-12(2)26)22(30)33-15-6-7-24(31)16-10-13-4-5-14(27)19-17(13)23(24,20(15)34-19)8-9-25(16)3/h4-6,11,16,18,20,27,31H,7-10H2,1-3H3,(H,28,29)/t11-,16-,18-,20+,23+,24-/m1/s1. The third-order valence-corrected chi connectivity index (χ3v) is 7.93. The van der Waals surface area contributed by atoms with Crippen LogP contribution in [0.5, 0.6) is 11.5 Å². The van der Waals surface area contributed by atoms with Crippen molar-refractivity contribution in [3.63, 3.8) is 0 Å². The van der Waals surface area contributed by atoms with E-state index in [4.69, 9.17) is 14.2 Å². The van der Waals surface area contributed by atoms with Crippen LogP contribution < -0.4 is 4.74 Å². The molecule has 2 heterocycles. The Morgan fingerprint density at radius 3 is 2.71 bits per heavy atom. The fraction of sp³-hybridized carbons (Fsp3) is 0.542. The second kappa shape index (κ2) is 7.44. The largest absolute Gasteiger partial charge is 0.504 e. The van der Waals surface area contributed by atoms with Crippen LogP contribution in [0.4, 0.5) is 0 Å². The van der Waals surface area contributed by atoms with Gasteiger partial charge in [0, 0.05) is 24.9 Å². The third kappa shape index (κ3) is 2.84. The zero-order valence-electron chi connectivity index (χ0n) is 19.1. The number of aliphatic hydroxyl groups is 1. The molecule has 0 radical (unpaired) electrons. The molecule has 1 spiro atoms. The van der Waals surface area contributed by atoms with Crippen molar-refractivity contribution in [2.75, 3.05) is 13.6 Å². The minimum absolute atomic E-state index is 0.0536. The number of esters is 2. The van der Waals surface area contributed by atoms with E-state index in [1.54, 1.807) is 12.1 Å². The monoisotopic (exact) mass is 473 g/mol. The smallest absolute Gasteiger partial charge is 0.345 e. The van der Waals surface area contributed by atoms with Crippen molar-refractivity contribution in [2.24, 2.45) is 5.92 Å². The topological polar surface area (TPSA) is 143 Å². The number of likely N-dealkylation sites (N-methyl/N-ethyl adjacent to an activating group) is 1. The van der Waals surface area contributed by atoms with Gasteiger partial charge in [0.15, 0.2) is 17.6 Å². The number of carbonyl (C=O) groups excluding carboxylic acids is 2. The van der Waals surface area contributed by atoms with Gasteiger partial charge in [-0.3, -0.25) is 9.59 Å². The summed E-state index contributed by atoms with van der Waals surface area (Å²) < 4.78 is 16.7. The number of nitrogens with zero attached hydrogens (tertiary/aromatic N) is 1. The maximum atomic E-state index is 12.9. The summed E-state index contributed by atoms with van der Waals surface area (Å²) in [4.78, 5) is 37.9. The van der Waals surface area contributed by atoms with Crippen molar-refractivity contribution in [1.82, 2.24) is 4.90 Å². The molecule has 0 aromatic heterocycles. The number of phenolic OH excluding ortho intramolecular Hbond substituents is 1. The summed E-state index contributed by atoms with van der Waals surface area (Å²) >= 11 is 0. The molecule has 1 aromatic rings. The molecule has 1 fully saturated rings. The third-order valence-electron chi connectivity index (χ3n) is 7.93. The van der Waals surface area contributed by atoms with Gasteiger partial charge in [-0.1, -0.05) is 6.07 Å². The molecule has 0 unspecified atom stereocenters. The van der Waals surface area contributed by atoms with E-state index in [9.17, 15) is 29.7 Å². The van der Waals surface area contributed by atoms with Crippen LogP contribution in [-0.2, 0) is 35.7 Å². The Kier molecular flexibility index (Phi) is 4.96. The van der Waals surface area contributed by atoms with Gasteiger partial charge in [0.25, 0.3) is 0 Å². The van der Waals surface area contributed by atoms with E-state index in [2.05, 4.69) is 4.90 Å². The Balaban J connectivity index is 1.53. The number of likely N-dealkylation sites (tertiary alicyclic amines) is 1. The Morgan fingerprint density at radius 1 is 1.29 bits per heavy atom. The number of benzene rings is 1. The number of carboxylic acids is 1. The quantitative estimate of drug-likeness (QED) is 0.527. The summed E-state index contributed by atoms with van der Waals surface area (Å²) in [6, 6.07) is 3.22. The maximum Gasteiger partial charge on any atom is 0.345 e. The second-order valence-electron chi connectivity index (χ2n) is 9.68. The molecule has 0 saturated carbocycles. The molecule has 3 N–H and O–H groups in total. The second-order valence-corrected chi connectivity index (χ2v) is 9.68. The number of hydrogen-bond acceptors (Lipinski definition) is 9. The number of phenols is 1. The van der Waals surface area contributed by atoms with Crippen molar-refractivity contribution in [1.29, 1.82) is 0 Å². The van der Waals surface area contributed by atoms with E-state index >= 15 is 0 Å². The highest BCUT2D eigenvalue weighted by Gasteiger charge is 2.72. The van der Waals surface area contributed by atoms with E-state index < -0.39 is 47.0 Å². The van der Waals surface area contributed by atoms with E-state index in [1.165, 1.54) is 6.92 Å². The molecule has 6 atom stereocenters. The maximum absolute atomic E-state index is 12.9. The van der Waals surface area contributed by atoms with Crippen LogP contribution in [0.1, 0.15) is 37.8 Å². The van der Waals surface area contributed by atoms with Crippen LogP contribution in [-0.4, -0.2) is 75.6 Å². The predicted molar refractivity (Wildman–Crippen MR) is 115 cm³/mol. The number of ether oxygens (including phenoxy) is 3. The minimum Gasteiger partial charge on any atom is -0.504 e. The van der Waals surface area contributed by atoms with Crippen LogP contribution in [0, 0.1) is 5.92 Å². The molecule has 1 aromatic carbocycles. The number of aromatic hydroxyl groups is 1. The zero-order valence-corrected chi connectivity index (χ0v) is 19.1. The number of aliphatic carboxylic acids is 1. The molecule has 2 aliphatic carbocycles. The highest BCUT2D eigenvalue weighted by Crippen LogP contribution is 2.65. The lowest BCUT2D eigenvalue weighted by atomic mass is 9.50. The lowest BCUT2D eigenvalue weighted by Gasteiger charge is -2.61. The molecule has 2 aliphatic heterocycles. The predicted octanol–water partition coefficient (Wildman–Crippen LogP) is 0.865. The van der Waals surface area contributed by atoms with Gasteiger partial charge < -0.3 is 34.4 Å². The van der Waals surface area contributed by atoms with E-state index in [1.807, 2.05) is 13.1 Å². The van der Waals surface area contributed by atoms with Gasteiger partial charge in [-0.15, -0.1) is 0 Å². The molecule has 5 rings (SSSR count). The van der Waals surface area contributed by atoms with Crippen molar-refractivity contribution in [2.45, 2.75) is 62.4 Å². The number of carbonyl (C=O) groups is 3. The zero-order chi connectivity index (χ0) is 24.6. The molecule has 10 nitrogen and oxygen atoms in total. The number of hydrogen-bond donors (Lipinski definition) is 3. The number of carboxylic acid groups (broad SMARTS) is 1. The molecule has 0 amide bonds. The summed E-state index contributed by atoms with van der Waals surface area (Å²) in [5.41, 5.74) is -0.415. The van der Waals surface area contributed by atoms with E-state index in [-0.39, 0.29) is 29.7 Å². The minimum atomic E-state index is -1.70. The van der Waals surface area contributed by atoms with Gasteiger partial charge in [-0.05, 0) is 51.1 Å². The molecule has 10 heteroatoms. The molecule has 182 valence electrons.